The van der Waals surface area contributed by atoms with Crippen LogP contribution in [-0.2, 0) is 0 Å². The number of rotatable bonds is 7. The van der Waals surface area contributed by atoms with Crippen LogP contribution in [0.2, 0.25) is 0 Å². The van der Waals surface area contributed by atoms with Gasteiger partial charge in [-0.15, -0.1) is 0 Å². The molecule has 0 spiro atoms. The van der Waals surface area contributed by atoms with Gasteiger partial charge in [0.15, 0.2) is 11.5 Å². The minimum atomic E-state index is -0.660. The zero-order valence-electron chi connectivity index (χ0n) is 9.10. The summed E-state index contributed by atoms with van der Waals surface area (Å²) in [6.07, 6.45) is 1.13. The fraction of sp³-hybridized carbons (Fsp3) is 0.364. The van der Waals surface area contributed by atoms with Gasteiger partial charge in [-0.1, -0.05) is 11.2 Å². The van der Waals surface area contributed by atoms with Crippen LogP contribution in [0.25, 0.3) is 0 Å². The van der Waals surface area contributed by atoms with Crippen molar-refractivity contribution >= 4 is 6.21 Å². The summed E-state index contributed by atoms with van der Waals surface area (Å²) in [6.45, 7) is -1.57. The van der Waals surface area contributed by atoms with Gasteiger partial charge in [-0.2, -0.15) is 0 Å². The first kappa shape index (κ1) is 13.2. The Labute approximate surface area is 97.5 Å². The largest absolute Gasteiger partial charge is 0.487 e. The van der Waals surface area contributed by atoms with Gasteiger partial charge in [0.2, 0.25) is 0 Å². The molecule has 0 amide bonds. The molecule has 6 heteroatoms. The van der Waals surface area contributed by atoms with E-state index in [9.17, 15) is 8.78 Å². The van der Waals surface area contributed by atoms with Crippen LogP contribution in [0.3, 0.4) is 0 Å². The Morgan fingerprint density at radius 3 is 2.53 bits per heavy atom. The summed E-state index contributed by atoms with van der Waals surface area (Å²) in [7, 11) is 0. The third-order valence-corrected chi connectivity index (χ3v) is 1.86. The Morgan fingerprint density at radius 1 is 1.18 bits per heavy atom. The predicted molar refractivity (Wildman–Crippen MR) is 58.8 cm³/mol. The second-order valence-electron chi connectivity index (χ2n) is 2.99. The second-order valence-corrected chi connectivity index (χ2v) is 2.99. The Kier molecular flexibility index (Phi) is 5.77. The summed E-state index contributed by atoms with van der Waals surface area (Å²) in [5.41, 5.74) is 0.428. The van der Waals surface area contributed by atoms with Crippen molar-refractivity contribution in [1.29, 1.82) is 0 Å². The molecule has 0 aliphatic carbocycles. The quantitative estimate of drug-likeness (QED) is 0.455. The molecule has 0 aromatic heterocycles. The van der Waals surface area contributed by atoms with Crippen LogP contribution >= 0.6 is 0 Å². The normalized spacial score (nSPS) is 10.7. The number of alkyl halides is 2. The molecule has 0 aliphatic heterocycles. The summed E-state index contributed by atoms with van der Waals surface area (Å²) in [6, 6.07) is 4.81. The summed E-state index contributed by atoms with van der Waals surface area (Å²) in [4.78, 5) is 0. The molecular formula is C11H13F2NO3. The molecule has 1 aromatic rings. The van der Waals surface area contributed by atoms with Gasteiger partial charge >= 0.3 is 0 Å². The van der Waals surface area contributed by atoms with Crippen molar-refractivity contribution in [3.05, 3.63) is 23.8 Å². The van der Waals surface area contributed by atoms with E-state index in [1.54, 1.807) is 18.2 Å². The molecular weight excluding hydrogens is 232 g/mol. The Morgan fingerprint density at radius 2 is 1.88 bits per heavy atom. The first-order valence-electron chi connectivity index (χ1n) is 5.01. The number of nitrogens with zero attached hydrogens (tertiary/aromatic N) is 1. The van der Waals surface area contributed by atoms with E-state index >= 15 is 0 Å². The molecule has 0 radical (unpaired) electrons. The Hall–Kier alpha value is -1.85. The summed E-state index contributed by atoms with van der Waals surface area (Å²) in [5, 5.41) is 11.3. The van der Waals surface area contributed by atoms with E-state index in [0.717, 1.165) is 6.21 Å². The van der Waals surface area contributed by atoms with Gasteiger partial charge in [-0.3, -0.25) is 0 Å². The van der Waals surface area contributed by atoms with Gasteiger partial charge < -0.3 is 14.7 Å². The smallest absolute Gasteiger partial charge is 0.170 e. The van der Waals surface area contributed by atoms with Crippen LogP contribution in [0.1, 0.15) is 5.56 Å². The number of halogens is 2. The molecule has 0 saturated heterocycles. The summed E-state index contributed by atoms with van der Waals surface area (Å²) >= 11 is 0. The molecule has 0 saturated carbocycles. The molecule has 0 unspecified atom stereocenters. The molecule has 0 aliphatic rings. The van der Waals surface area contributed by atoms with E-state index in [1.807, 2.05) is 0 Å². The zero-order valence-corrected chi connectivity index (χ0v) is 9.10. The molecule has 17 heavy (non-hydrogen) atoms. The maximum absolute atomic E-state index is 12.1. The van der Waals surface area contributed by atoms with Crippen molar-refractivity contribution in [3.63, 3.8) is 0 Å². The third kappa shape index (κ3) is 3.90. The number of oxime groups is 1. The standard InChI is InChI=1S/C11H13F2NO3/c12-4-6-16-10-3-1-2-9(8-14-15)11(10)17-7-5-13/h1-3,8,15H,4-7H2/b14-8+. The van der Waals surface area contributed by atoms with Crippen molar-refractivity contribution in [1.82, 2.24) is 0 Å². The molecule has 1 aromatic carbocycles. The van der Waals surface area contributed by atoms with Gasteiger partial charge in [-0.05, 0) is 12.1 Å². The Bertz CT molecular complexity index is 372. The highest BCUT2D eigenvalue weighted by atomic mass is 19.1. The Balaban J connectivity index is 2.96. The molecule has 0 fully saturated rings. The second kappa shape index (κ2) is 7.43. The van der Waals surface area contributed by atoms with Gasteiger partial charge in [-0.25, -0.2) is 8.78 Å². The van der Waals surface area contributed by atoms with Crippen LogP contribution in [0, 0.1) is 0 Å². The van der Waals surface area contributed by atoms with Crippen LogP contribution in [0.5, 0.6) is 11.5 Å². The van der Waals surface area contributed by atoms with Crippen LogP contribution in [-0.4, -0.2) is 38.0 Å². The maximum Gasteiger partial charge on any atom is 0.170 e. The highest BCUT2D eigenvalue weighted by Crippen LogP contribution is 2.30. The number of hydrogen-bond acceptors (Lipinski definition) is 4. The third-order valence-electron chi connectivity index (χ3n) is 1.86. The molecule has 0 atom stereocenters. The minimum Gasteiger partial charge on any atom is -0.487 e. The van der Waals surface area contributed by atoms with Gasteiger partial charge in [0.05, 0.1) is 6.21 Å². The monoisotopic (exact) mass is 245 g/mol. The molecule has 0 bridgehead atoms. The van der Waals surface area contributed by atoms with E-state index in [-0.39, 0.29) is 24.7 Å². The first-order valence-corrected chi connectivity index (χ1v) is 5.01. The SMILES string of the molecule is O/N=C/c1cccc(OCCF)c1OCCF. The van der Waals surface area contributed by atoms with Crippen LogP contribution in [0.15, 0.2) is 23.4 Å². The summed E-state index contributed by atoms with van der Waals surface area (Å²) in [5.74, 6) is 0.518. The molecule has 0 heterocycles. The lowest BCUT2D eigenvalue weighted by molar-refractivity contribution is 0.234. The molecule has 4 nitrogen and oxygen atoms in total. The van der Waals surface area contributed by atoms with Gasteiger partial charge in [0.1, 0.15) is 26.6 Å². The number of hydrogen-bond donors (Lipinski definition) is 1. The summed E-state index contributed by atoms with van der Waals surface area (Å²) < 4.78 is 34.3. The number of para-hydroxylation sites is 1. The maximum atomic E-state index is 12.1. The van der Waals surface area contributed by atoms with E-state index in [1.165, 1.54) is 0 Å². The lowest BCUT2D eigenvalue weighted by Gasteiger charge is -2.13. The lowest BCUT2D eigenvalue weighted by Crippen LogP contribution is -2.06. The van der Waals surface area contributed by atoms with E-state index in [4.69, 9.17) is 14.7 Å². The van der Waals surface area contributed by atoms with Crippen molar-refractivity contribution in [2.45, 2.75) is 0 Å². The van der Waals surface area contributed by atoms with Gasteiger partial charge in [0.25, 0.3) is 0 Å². The first-order chi connectivity index (χ1) is 8.33. The topological polar surface area (TPSA) is 51.1 Å². The van der Waals surface area contributed by atoms with E-state index in [0.29, 0.717) is 5.56 Å². The lowest BCUT2D eigenvalue weighted by atomic mass is 10.2. The van der Waals surface area contributed by atoms with E-state index < -0.39 is 13.3 Å². The van der Waals surface area contributed by atoms with Crippen molar-refractivity contribution in [2.24, 2.45) is 5.16 Å². The highest BCUT2D eigenvalue weighted by Gasteiger charge is 2.10. The van der Waals surface area contributed by atoms with Crippen molar-refractivity contribution in [2.75, 3.05) is 26.6 Å². The number of benzene rings is 1. The molecule has 1 N–H and O–H groups in total. The van der Waals surface area contributed by atoms with Crippen LogP contribution < -0.4 is 9.47 Å². The predicted octanol–water partition coefficient (Wildman–Crippen LogP) is 2.19. The zero-order chi connectivity index (χ0) is 12.5. The molecule has 1 rings (SSSR count). The minimum absolute atomic E-state index is 0.119. The van der Waals surface area contributed by atoms with Gasteiger partial charge in [0, 0.05) is 5.56 Å². The highest BCUT2D eigenvalue weighted by molar-refractivity contribution is 5.84. The van der Waals surface area contributed by atoms with E-state index in [2.05, 4.69) is 5.16 Å². The number of ether oxygens (including phenoxy) is 2. The average Bonchev–Trinajstić information content (AvgIpc) is 2.35. The fourth-order valence-corrected chi connectivity index (χ4v) is 1.25. The van der Waals surface area contributed by atoms with Crippen LogP contribution in [0.4, 0.5) is 8.78 Å². The van der Waals surface area contributed by atoms with Crippen molar-refractivity contribution in [3.8, 4) is 11.5 Å². The average molecular weight is 245 g/mol. The van der Waals surface area contributed by atoms with Crippen molar-refractivity contribution < 1.29 is 23.5 Å². The molecule has 94 valence electrons. The fourth-order valence-electron chi connectivity index (χ4n) is 1.25.